The van der Waals surface area contributed by atoms with Crippen molar-refractivity contribution < 1.29 is 9.53 Å². The molecule has 0 bridgehead atoms. The number of epoxide rings is 1. The Balaban J connectivity index is 2.55. The number of fused-ring (bicyclic) bond motifs is 1. The van der Waals surface area contributed by atoms with E-state index < -0.39 is 0 Å². The molecule has 0 radical (unpaired) electrons. The van der Waals surface area contributed by atoms with Crippen molar-refractivity contribution in [2.24, 2.45) is 5.41 Å². The molecule has 0 aromatic carbocycles. The summed E-state index contributed by atoms with van der Waals surface area (Å²) in [5.41, 5.74) is 1.52. The van der Waals surface area contributed by atoms with Gasteiger partial charge in [-0.2, -0.15) is 0 Å². The molecule has 2 unspecified atom stereocenters. The normalized spacial score (nSPS) is 41.9. The number of rotatable bonds is 0. The second kappa shape index (κ2) is 2.06. The molecular formula is C11H16O2. The van der Waals surface area contributed by atoms with Crippen LogP contribution in [0.25, 0.3) is 0 Å². The van der Waals surface area contributed by atoms with E-state index >= 15 is 0 Å². The third-order valence-corrected chi connectivity index (χ3v) is 3.69. The van der Waals surface area contributed by atoms with Crippen molar-refractivity contribution in [3.63, 3.8) is 0 Å². The first-order valence-electron chi connectivity index (χ1n) is 4.72. The summed E-state index contributed by atoms with van der Waals surface area (Å²) in [6.07, 6.45) is 0.0937. The van der Waals surface area contributed by atoms with E-state index in [-0.39, 0.29) is 22.9 Å². The van der Waals surface area contributed by atoms with Crippen LogP contribution in [0, 0.1) is 5.41 Å². The number of Topliss-reactive ketones (excluding diaryl/α,β-unsaturated/α-hetero) is 1. The van der Waals surface area contributed by atoms with Gasteiger partial charge in [0.1, 0.15) is 11.7 Å². The van der Waals surface area contributed by atoms with Gasteiger partial charge in [0, 0.05) is 0 Å². The molecule has 0 aromatic rings. The monoisotopic (exact) mass is 180 g/mol. The van der Waals surface area contributed by atoms with Crippen LogP contribution in [-0.2, 0) is 9.53 Å². The molecule has 2 nitrogen and oxygen atoms in total. The van der Waals surface area contributed by atoms with Crippen LogP contribution in [-0.4, -0.2) is 17.5 Å². The molecule has 0 saturated carbocycles. The van der Waals surface area contributed by atoms with E-state index in [0.717, 1.165) is 11.1 Å². The second-order valence-corrected chi connectivity index (χ2v) is 4.91. The molecule has 2 aliphatic rings. The number of allylic oxidation sites excluding steroid dienone is 1. The van der Waals surface area contributed by atoms with Crippen LogP contribution < -0.4 is 0 Å². The summed E-state index contributed by atoms with van der Waals surface area (Å²) in [5.74, 6) is 0.241. The number of carbonyl (C=O) groups excluding carboxylic acids is 1. The molecular weight excluding hydrogens is 164 g/mol. The predicted molar refractivity (Wildman–Crippen MR) is 50.4 cm³/mol. The molecule has 1 aliphatic carbocycles. The Morgan fingerprint density at radius 3 is 2.31 bits per heavy atom. The molecule has 2 heteroatoms. The highest BCUT2D eigenvalue weighted by atomic mass is 16.6. The first-order chi connectivity index (χ1) is 5.82. The van der Waals surface area contributed by atoms with Gasteiger partial charge in [-0.25, -0.2) is 0 Å². The van der Waals surface area contributed by atoms with Gasteiger partial charge in [0.25, 0.3) is 0 Å². The Bertz CT molecular complexity index is 325. The maximum Gasteiger partial charge on any atom is 0.166 e. The van der Waals surface area contributed by atoms with E-state index in [4.69, 9.17) is 4.74 Å². The zero-order valence-corrected chi connectivity index (χ0v) is 8.89. The fourth-order valence-corrected chi connectivity index (χ4v) is 2.48. The molecule has 13 heavy (non-hydrogen) atoms. The lowest BCUT2D eigenvalue weighted by Crippen LogP contribution is -2.39. The molecule has 0 N–H and O–H groups in total. The van der Waals surface area contributed by atoms with Gasteiger partial charge in [-0.05, 0) is 45.8 Å². The molecule has 0 aromatic heterocycles. The van der Waals surface area contributed by atoms with Crippen LogP contribution in [0.3, 0.4) is 0 Å². The van der Waals surface area contributed by atoms with Crippen molar-refractivity contribution in [3.8, 4) is 0 Å². The maximum absolute atomic E-state index is 11.9. The first kappa shape index (κ1) is 8.95. The topological polar surface area (TPSA) is 29.6 Å². The third kappa shape index (κ3) is 0.845. The van der Waals surface area contributed by atoms with Crippen LogP contribution in [0.15, 0.2) is 11.1 Å². The first-order valence-corrected chi connectivity index (χ1v) is 4.72. The summed E-state index contributed by atoms with van der Waals surface area (Å²) in [4.78, 5) is 11.9. The van der Waals surface area contributed by atoms with Gasteiger partial charge in [-0.3, -0.25) is 4.79 Å². The smallest absolute Gasteiger partial charge is 0.166 e. The average molecular weight is 180 g/mol. The van der Waals surface area contributed by atoms with E-state index in [1.54, 1.807) is 0 Å². The number of carbonyl (C=O) groups is 1. The van der Waals surface area contributed by atoms with E-state index in [1.165, 1.54) is 0 Å². The highest BCUT2D eigenvalue weighted by molar-refractivity contribution is 6.02. The molecule has 1 aliphatic heterocycles. The molecule has 0 spiro atoms. The number of hydrogen-bond donors (Lipinski definition) is 0. The fraction of sp³-hybridized carbons (Fsp3) is 0.727. The summed E-state index contributed by atoms with van der Waals surface area (Å²) in [6.45, 7) is 9.93. The van der Waals surface area contributed by atoms with Gasteiger partial charge in [0.2, 0.25) is 0 Å². The van der Waals surface area contributed by atoms with Crippen molar-refractivity contribution >= 4 is 5.78 Å². The van der Waals surface area contributed by atoms with Gasteiger partial charge in [-0.15, -0.1) is 0 Å². The largest absolute Gasteiger partial charge is 0.361 e. The molecule has 1 heterocycles. The number of ketones is 1. The minimum absolute atomic E-state index is 0.0937. The van der Waals surface area contributed by atoms with Crippen LogP contribution in [0.1, 0.15) is 34.6 Å². The van der Waals surface area contributed by atoms with Crippen LogP contribution in [0.2, 0.25) is 0 Å². The highest BCUT2D eigenvalue weighted by Crippen LogP contribution is 2.56. The van der Waals surface area contributed by atoms with Gasteiger partial charge >= 0.3 is 0 Å². The third-order valence-electron chi connectivity index (χ3n) is 3.69. The molecule has 1 fully saturated rings. The lowest BCUT2D eigenvalue weighted by atomic mass is 9.69. The molecule has 0 amide bonds. The Morgan fingerprint density at radius 1 is 1.23 bits per heavy atom. The van der Waals surface area contributed by atoms with Gasteiger partial charge < -0.3 is 4.74 Å². The lowest BCUT2D eigenvalue weighted by molar-refractivity contribution is -0.124. The van der Waals surface area contributed by atoms with Gasteiger partial charge in [0.15, 0.2) is 5.78 Å². The van der Waals surface area contributed by atoms with E-state index in [2.05, 4.69) is 6.92 Å². The van der Waals surface area contributed by atoms with Gasteiger partial charge in [0.05, 0.1) is 5.41 Å². The average Bonchev–Trinajstić information content (AvgIpc) is 2.74. The second-order valence-electron chi connectivity index (χ2n) is 4.91. The molecule has 2 rings (SSSR count). The summed E-state index contributed by atoms with van der Waals surface area (Å²) in [5, 5.41) is 0. The van der Waals surface area contributed by atoms with E-state index in [9.17, 15) is 4.79 Å². The maximum atomic E-state index is 11.9. The fourth-order valence-electron chi connectivity index (χ4n) is 2.48. The minimum atomic E-state index is -0.335. The van der Waals surface area contributed by atoms with Crippen molar-refractivity contribution in [1.29, 1.82) is 0 Å². The van der Waals surface area contributed by atoms with Crippen molar-refractivity contribution in [1.82, 2.24) is 0 Å². The minimum Gasteiger partial charge on any atom is -0.361 e. The Labute approximate surface area is 79.0 Å². The Kier molecular flexibility index (Phi) is 1.42. The van der Waals surface area contributed by atoms with E-state index in [0.29, 0.717) is 0 Å². The van der Waals surface area contributed by atoms with Crippen molar-refractivity contribution in [2.75, 3.05) is 0 Å². The quantitative estimate of drug-likeness (QED) is 0.534. The number of hydrogen-bond acceptors (Lipinski definition) is 2. The lowest BCUT2D eigenvalue weighted by Gasteiger charge is -2.29. The molecule has 1 saturated heterocycles. The Morgan fingerprint density at radius 2 is 1.77 bits per heavy atom. The van der Waals surface area contributed by atoms with Crippen molar-refractivity contribution in [2.45, 2.75) is 46.3 Å². The zero-order valence-electron chi connectivity index (χ0n) is 8.89. The number of ether oxygens (including phenoxy) is 1. The highest BCUT2D eigenvalue weighted by Gasteiger charge is 2.66. The summed E-state index contributed by atoms with van der Waals surface area (Å²) >= 11 is 0. The van der Waals surface area contributed by atoms with Crippen LogP contribution in [0.4, 0.5) is 0 Å². The van der Waals surface area contributed by atoms with Crippen LogP contribution >= 0.6 is 0 Å². The molecule has 72 valence electrons. The SMILES string of the molecule is CC1=C(C)C2(C)OC2C(C)(C)C1=O. The van der Waals surface area contributed by atoms with Crippen molar-refractivity contribution in [3.05, 3.63) is 11.1 Å². The predicted octanol–water partition coefficient (Wildman–Crippen LogP) is 2.09. The van der Waals surface area contributed by atoms with Gasteiger partial charge in [-0.1, -0.05) is 0 Å². The standard InChI is InChI=1S/C11H16O2/c1-6-7(2)11(5)9(13-11)10(3,4)8(6)12/h9H,1-5H3. The van der Waals surface area contributed by atoms with Crippen LogP contribution in [0.5, 0.6) is 0 Å². The summed E-state index contributed by atoms with van der Waals surface area (Å²) in [6, 6.07) is 0. The summed E-state index contributed by atoms with van der Waals surface area (Å²) in [7, 11) is 0. The van der Waals surface area contributed by atoms with E-state index in [1.807, 2.05) is 27.7 Å². The molecule has 2 atom stereocenters. The zero-order chi connectivity index (χ0) is 10.0. The Hall–Kier alpha value is -0.630. The summed E-state index contributed by atoms with van der Waals surface area (Å²) < 4.78 is 5.65.